The van der Waals surface area contributed by atoms with E-state index < -0.39 is 0 Å². The summed E-state index contributed by atoms with van der Waals surface area (Å²) in [5.74, 6) is 0. The Morgan fingerprint density at radius 1 is 1.64 bits per heavy atom. The van der Waals surface area contributed by atoms with Crippen molar-refractivity contribution in [1.29, 1.82) is 5.41 Å². The van der Waals surface area contributed by atoms with E-state index in [1.165, 1.54) is 0 Å². The normalized spacial score (nSPS) is 10.0. The molecule has 1 N–H and O–H groups in total. The molecule has 0 radical (unpaired) electrons. The third-order valence-corrected chi connectivity index (χ3v) is 1.66. The lowest BCUT2D eigenvalue weighted by Gasteiger charge is -1.93. The maximum Gasteiger partial charge on any atom is 0.102 e. The number of hydrogen-bond acceptors (Lipinski definition) is 2. The van der Waals surface area contributed by atoms with Gasteiger partial charge in [0.25, 0.3) is 0 Å². The lowest BCUT2D eigenvalue weighted by atomic mass is 10.2. The molecular weight excluding hydrogens is 138 g/mol. The molecule has 60 valence electrons. The SMILES string of the molecule is CCC(=N)c1cn(CC)cn1. The Hall–Kier alpha value is -1.12. The van der Waals surface area contributed by atoms with Crippen LogP contribution < -0.4 is 0 Å². The first-order valence-corrected chi connectivity index (χ1v) is 3.87. The van der Waals surface area contributed by atoms with Crippen molar-refractivity contribution in [3.05, 3.63) is 18.2 Å². The van der Waals surface area contributed by atoms with E-state index in [1.54, 1.807) is 6.33 Å². The lowest BCUT2D eigenvalue weighted by Crippen LogP contribution is -1.96. The number of imidazole rings is 1. The summed E-state index contributed by atoms with van der Waals surface area (Å²) >= 11 is 0. The molecule has 0 aliphatic heterocycles. The summed E-state index contributed by atoms with van der Waals surface area (Å²) in [7, 11) is 0. The Morgan fingerprint density at radius 2 is 2.36 bits per heavy atom. The standard InChI is InChI=1S/C8H13N3/c1-3-7(9)8-5-11(4-2)6-10-8/h5-6,9H,3-4H2,1-2H3. The monoisotopic (exact) mass is 151 g/mol. The largest absolute Gasteiger partial charge is 0.337 e. The van der Waals surface area contributed by atoms with Gasteiger partial charge in [0.1, 0.15) is 5.69 Å². The second-order valence-corrected chi connectivity index (χ2v) is 2.42. The molecule has 0 unspecified atom stereocenters. The Bertz CT molecular complexity index is 250. The minimum absolute atomic E-state index is 0.609. The minimum Gasteiger partial charge on any atom is -0.337 e. The van der Waals surface area contributed by atoms with E-state index in [2.05, 4.69) is 11.9 Å². The van der Waals surface area contributed by atoms with Gasteiger partial charge >= 0.3 is 0 Å². The van der Waals surface area contributed by atoms with E-state index in [4.69, 9.17) is 5.41 Å². The van der Waals surface area contributed by atoms with Gasteiger partial charge in [0, 0.05) is 12.7 Å². The molecule has 0 bridgehead atoms. The number of nitrogens with zero attached hydrogens (tertiary/aromatic N) is 2. The van der Waals surface area contributed by atoms with Gasteiger partial charge in [-0.25, -0.2) is 4.98 Å². The summed E-state index contributed by atoms with van der Waals surface area (Å²) in [6.45, 7) is 4.94. The highest BCUT2D eigenvalue weighted by atomic mass is 15.0. The van der Waals surface area contributed by atoms with Crippen LogP contribution in [-0.2, 0) is 6.54 Å². The molecule has 1 heterocycles. The molecule has 3 heteroatoms. The zero-order valence-electron chi connectivity index (χ0n) is 6.96. The first-order valence-electron chi connectivity index (χ1n) is 3.87. The summed E-state index contributed by atoms with van der Waals surface area (Å²) in [5.41, 5.74) is 1.41. The van der Waals surface area contributed by atoms with E-state index in [-0.39, 0.29) is 0 Å². The van der Waals surface area contributed by atoms with Crippen LogP contribution in [0.15, 0.2) is 12.5 Å². The summed E-state index contributed by atoms with van der Waals surface area (Å²) in [4.78, 5) is 4.10. The molecule has 0 amide bonds. The number of hydrogen-bond donors (Lipinski definition) is 1. The van der Waals surface area contributed by atoms with Crippen molar-refractivity contribution >= 4 is 5.71 Å². The first-order chi connectivity index (χ1) is 5.27. The highest BCUT2D eigenvalue weighted by Gasteiger charge is 2.00. The van der Waals surface area contributed by atoms with E-state index in [0.717, 1.165) is 18.7 Å². The fourth-order valence-electron chi connectivity index (χ4n) is 0.870. The fourth-order valence-corrected chi connectivity index (χ4v) is 0.870. The average Bonchev–Trinajstić information content (AvgIpc) is 2.50. The maximum absolute atomic E-state index is 7.49. The minimum atomic E-state index is 0.609. The fraction of sp³-hybridized carbons (Fsp3) is 0.500. The molecule has 11 heavy (non-hydrogen) atoms. The molecule has 0 fully saturated rings. The lowest BCUT2D eigenvalue weighted by molar-refractivity contribution is 0.761. The zero-order valence-corrected chi connectivity index (χ0v) is 6.96. The molecule has 0 aromatic carbocycles. The highest BCUT2D eigenvalue weighted by molar-refractivity contribution is 5.95. The third-order valence-electron chi connectivity index (χ3n) is 1.66. The van der Waals surface area contributed by atoms with Crippen molar-refractivity contribution in [3.8, 4) is 0 Å². The predicted molar refractivity (Wildman–Crippen MR) is 45.0 cm³/mol. The van der Waals surface area contributed by atoms with Crippen LogP contribution >= 0.6 is 0 Å². The second-order valence-electron chi connectivity index (χ2n) is 2.42. The summed E-state index contributed by atoms with van der Waals surface area (Å²) in [6, 6.07) is 0. The van der Waals surface area contributed by atoms with Crippen LogP contribution in [0.25, 0.3) is 0 Å². The van der Waals surface area contributed by atoms with Crippen LogP contribution in [-0.4, -0.2) is 15.3 Å². The van der Waals surface area contributed by atoms with Gasteiger partial charge in [0.2, 0.25) is 0 Å². The Balaban J connectivity index is 2.80. The molecule has 0 aliphatic carbocycles. The van der Waals surface area contributed by atoms with Crippen LogP contribution in [0.5, 0.6) is 0 Å². The predicted octanol–water partition coefficient (Wildman–Crippen LogP) is 1.68. The summed E-state index contributed by atoms with van der Waals surface area (Å²) in [6.07, 6.45) is 4.42. The highest BCUT2D eigenvalue weighted by Crippen LogP contribution is 1.99. The molecule has 1 aromatic rings. The van der Waals surface area contributed by atoms with Gasteiger partial charge in [-0.15, -0.1) is 0 Å². The van der Waals surface area contributed by atoms with Gasteiger partial charge in [-0.2, -0.15) is 0 Å². The quantitative estimate of drug-likeness (QED) is 0.656. The van der Waals surface area contributed by atoms with Crippen LogP contribution in [0, 0.1) is 5.41 Å². The average molecular weight is 151 g/mol. The van der Waals surface area contributed by atoms with Crippen LogP contribution in [0.3, 0.4) is 0 Å². The Kier molecular flexibility index (Phi) is 2.41. The van der Waals surface area contributed by atoms with Gasteiger partial charge < -0.3 is 9.98 Å². The van der Waals surface area contributed by atoms with Crippen molar-refractivity contribution in [3.63, 3.8) is 0 Å². The van der Waals surface area contributed by atoms with E-state index in [9.17, 15) is 0 Å². The van der Waals surface area contributed by atoms with E-state index in [1.807, 2.05) is 17.7 Å². The van der Waals surface area contributed by atoms with Gasteiger partial charge in [0.05, 0.1) is 12.0 Å². The van der Waals surface area contributed by atoms with Crippen molar-refractivity contribution < 1.29 is 0 Å². The summed E-state index contributed by atoms with van der Waals surface area (Å²) in [5, 5.41) is 7.49. The maximum atomic E-state index is 7.49. The topological polar surface area (TPSA) is 41.7 Å². The molecule has 3 nitrogen and oxygen atoms in total. The molecule has 1 aromatic heterocycles. The van der Waals surface area contributed by atoms with Gasteiger partial charge in [-0.05, 0) is 13.3 Å². The molecule has 0 saturated heterocycles. The second kappa shape index (κ2) is 3.32. The van der Waals surface area contributed by atoms with Crippen molar-refractivity contribution in [2.45, 2.75) is 26.8 Å². The molecule has 1 rings (SSSR count). The number of nitrogens with one attached hydrogen (secondary N) is 1. The molecule has 0 spiro atoms. The number of rotatable bonds is 3. The molecule has 0 aliphatic rings. The smallest absolute Gasteiger partial charge is 0.102 e. The van der Waals surface area contributed by atoms with E-state index in [0.29, 0.717) is 5.71 Å². The molecular formula is C8H13N3. The van der Waals surface area contributed by atoms with Crippen LogP contribution in [0.4, 0.5) is 0 Å². The third kappa shape index (κ3) is 1.67. The van der Waals surface area contributed by atoms with Crippen molar-refractivity contribution in [2.24, 2.45) is 0 Å². The van der Waals surface area contributed by atoms with Gasteiger partial charge in [-0.1, -0.05) is 6.92 Å². The van der Waals surface area contributed by atoms with E-state index >= 15 is 0 Å². The number of aryl methyl sites for hydroxylation is 1. The van der Waals surface area contributed by atoms with Crippen molar-refractivity contribution in [1.82, 2.24) is 9.55 Å². The Morgan fingerprint density at radius 3 is 2.82 bits per heavy atom. The van der Waals surface area contributed by atoms with Gasteiger partial charge in [0.15, 0.2) is 0 Å². The number of aromatic nitrogens is 2. The van der Waals surface area contributed by atoms with Crippen molar-refractivity contribution in [2.75, 3.05) is 0 Å². The summed E-state index contributed by atoms with van der Waals surface area (Å²) < 4.78 is 1.97. The first kappa shape index (κ1) is 7.98. The Labute approximate surface area is 66.6 Å². The molecule has 0 saturated carbocycles. The van der Waals surface area contributed by atoms with Crippen LogP contribution in [0.1, 0.15) is 26.0 Å². The molecule has 0 atom stereocenters. The zero-order chi connectivity index (χ0) is 8.27. The van der Waals surface area contributed by atoms with Crippen LogP contribution in [0.2, 0.25) is 0 Å². The van der Waals surface area contributed by atoms with Gasteiger partial charge in [-0.3, -0.25) is 0 Å².